The van der Waals surface area contributed by atoms with E-state index in [-0.39, 0.29) is 10.1 Å². The number of hydrogen-bond donors (Lipinski definition) is 1. The van der Waals surface area contributed by atoms with Crippen molar-refractivity contribution in [2.75, 3.05) is 5.32 Å². The number of aryl methyl sites for hydroxylation is 1. The molecule has 0 aromatic carbocycles. The lowest BCUT2D eigenvalue weighted by atomic mass is 10.2. The van der Waals surface area contributed by atoms with Crippen molar-refractivity contribution in [3.05, 3.63) is 28.5 Å². The van der Waals surface area contributed by atoms with Crippen molar-refractivity contribution in [1.29, 1.82) is 0 Å². The number of hydrogen-bond acceptors (Lipinski definition) is 6. The number of amides is 1. The van der Waals surface area contributed by atoms with E-state index < -0.39 is 9.05 Å². The molecule has 2 aromatic heterocycles. The summed E-state index contributed by atoms with van der Waals surface area (Å²) in [6, 6.07) is 3.05. The van der Waals surface area contributed by atoms with Gasteiger partial charge in [0, 0.05) is 22.5 Å². The van der Waals surface area contributed by atoms with E-state index in [1.807, 2.05) is 0 Å². The Kier molecular flexibility index (Phi) is 4.50. The Morgan fingerprint density at radius 2 is 2.14 bits per heavy atom. The summed E-state index contributed by atoms with van der Waals surface area (Å²) in [6.45, 7) is 3.09. The van der Waals surface area contributed by atoms with E-state index in [9.17, 15) is 13.2 Å². The minimum Gasteiger partial charge on any atom is -0.354 e. The fourth-order valence-electron chi connectivity index (χ4n) is 1.54. The molecular formula is C12H11ClN2O4S2. The quantitative estimate of drug-likeness (QED) is 0.859. The maximum absolute atomic E-state index is 11.2. The first kappa shape index (κ1) is 15.7. The van der Waals surface area contributed by atoms with Crippen LogP contribution in [0.25, 0.3) is 12.2 Å². The summed E-state index contributed by atoms with van der Waals surface area (Å²) in [4.78, 5) is 11.8. The molecule has 0 saturated carbocycles. The van der Waals surface area contributed by atoms with Crippen molar-refractivity contribution < 1.29 is 17.7 Å². The Bertz CT molecular complexity index is 805. The first-order valence-corrected chi connectivity index (χ1v) is 8.86. The van der Waals surface area contributed by atoms with Gasteiger partial charge in [-0.3, -0.25) is 4.79 Å². The second-order valence-corrected chi connectivity index (χ2v) is 8.02. The molecule has 0 bridgehead atoms. The minimum absolute atomic E-state index is 0.0691. The van der Waals surface area contributed by atoms with Gasteiger partial charge in [-0.2, -0.15) is 0 Å². The van der Waals surface area contributed by atoms with Crippen LogP contribution in [0, 0.1) is 6.92 Å². The highest BCUT2D eigenvalue weighted by molar-refractivity contribution is 8.15. The van der Waals surface area contributed by atoms with Gasteiger partial charge in [0.25, 0.3) is 9.05 Å². The molecule has 0 aliphatic carbocycles. The van der Waals surface area contributed by atoms with Crippen LogP contribution >= 0.6 is 22.0 Å². The van der Waals surface area contributed by atoms with Crippen LogP contribution in [0.1, 0.15) is 23.3 Å². The highest BCUT2D eigenvalue weighted by Gasteiger charge is 2.13. The molecule has 0 aliphatic heterocycles. The van der Waals surface area contributed by atoms with Crippen molar-refractivity contribution in [3.8, 4) is 0 Å². The molecule has 112 valence electrons. The molecule has 0 atom stereocenters. The molecule has 0 radical (unpaired) electrons. The normalized spacial score (nSPS) is 12.0. The summed E-state index contributed by atoms with van der Waals surface area (Å²) in [5.74, 6) is 0.147. The van der Waals surface area contributed by atoms with Crippen LogP contribution in [-0.4, -0.2) is 19.5 Å². The molecule has 0 aliphatic rings. The standard InChI is InChI=1S/C12H11ClN2O4S2/c1-7-12(14-8(2)16)10(19-15-7)5-3-9-4-6-11(20-9)21(13,17)18/h3-6H,1-2H3,(H,14,16)/b5-3+. The number of halogens is 1. The predicted molar refractivity (Wildman–Crippen MR) is 81.8 cm³/mol. The molecule has 2 rings (SSSR count). The number of aromatic nitrogens is 1. The van der Waals surface area contributed by atoms with Gasteiger partial charge in [-0.1, -0.05) is 5.16 Å². The van der Waals surface area contributed by atoms with Crippen molar-refractivity contribution in [3.63, 3.8) is 0 Å². The third kappa shape index (κ3) is 3.93. The van der Waals surface area contributed by atoms with E-state index in [0.29, 0.717) is 22.0 Å². The fraction of sp³-hybridized carbons (Fsp3) is 0.167. The summed E-state index contributed by atoms with van der Waals surface area (Å²) >= 11 is 1.03. The van der Waals surface area contributed by atoms with Gasteiger partial charge in [0.05, 0.1) is 0 Å². The van der Waals surface area contributed by atoms with Crippen molar-refractivity contribution >= 4 is 54.8 Å². The van der Waals surface area contributed by atoms with Crippen LogP contribution in [0.15, 0.2) is 20.9 Å². The van der Waals surface area contributed by atoms with Crippen LogP contribution in [0.5, 0.6) is 0 Å². The van der Waals surface area contributed by atoms with Gasteiger partial charge in [-0.25, -0.2) is 8.42 Å². The number of anilines is 1. The molecule has 0 spiro atoms. The third-order valence-corrected chi connectivity index (χ3v) is 5.57. The number of carbonyl (C=O) groups excluding carboxylic acids is 1. The molecule has 0 saturated heterocycles. The van der Waals surface area contributed by atoms with Gasteiger partial charge < -0.3 is 9.84 Å². The topological polar surface area (TPSA) is 89.3 Å². The molecular weight excluding hydrogens is 336 g/mol. The van der Waals surface area contributed by atoms with Crippen molar-refractivity contribution in [1.82, 2.24) is 5.16 Å². The molecule has 6 nitrogen and oxygen atoms in total. The summed E-state index contributed by atoms with van der Waals surface area (Å²) in [6.07, 6.45) is 3.25. The van der Waals surface area contributed by atoms with E-state index in [1.165, 1.54) is 13.0 Å². The van der Waals surface area contributed by atoms with Crippen LogP contribution in [0.4, 0.5) is 5.69 Å². The number of nitrogens with zero attached hydrogens (tertiary/aromatic N) is 1. The second-order valence-electron chi connectivity index (χ2n) is 4.12. The largest absolute Gasteiger partial charge is 0.354 e. The lowest BCUT2D eigenvalue weighted by molar-refractivity contribution is -0.114. The first-order valence-electron chi connectivity index (χ1n) is 5.74. The maximum Gasteiger partial charge on any atom is 0.270 e. The Morgan fingerprint density at radius 3 is 2.71 bits per heavy atom. The Morgan fingerprint density at radius 1 is 1.43 bits per heavy atom. The fourth-order valence-corrected chi connectivity index (χ4v) is 3.54. The molecule has 1 N–H and O–H groups in total. The number of rotatable bonds is 4. The molecule has 2 aromatic rings. The molecule has 21 heavy (non-hydrogen) atoms. The summed E-state index contributed by atoms with van der Waals surface area (Å²) in [5.41, 5.74) is 1.04. The lowest BCUT2D eigenvalue weighted by Crippen LogP contribution is -2.06. The number of nitrogens with one attached hydrogen (secondary N) is 1. The minimum atomic E-state index is -3.72. The monoisotopic (exact) mass is 346 g/mol. The van der Waals surface area contributed by atoms with Crippen molar-refractivity contribution in [2.24, 2.45) is 0 Å². The van der Waals surface area contributed by atoms with E-state index in [0.717, 1.165) is 11.3 Å². The summed E-state index contributed by atoms with van der Waals surface area (Å²) in [5, 5.41) is 6.40. The van der Waals surface area contributed by atoms with Crippen molar-refractivity contribution in [2.45, 2.75) is 18.1 Å². The molecule has 9 heteroatoms. The maximum atomic E-state index is 11.2. The Hall–Kier alpha value is -1.64. The SMILES string of the molecule is CC(=O)Nc1c(C)noc1/C=C/c1ccc(S(=O)(=O)Cl)s1. The summed E-state index contributed by atoms with van der Waals surface area (Å²) < 4.78 is 27.5. The molecule has 0 fully saturated rings. The van der Waals surface area contributed by atoms with Crippen LogP contribution in [-0.2, 0) is 13.8 Å². The van der Waals surface area contributed by atoms with E-state index in [2.05, 4.69) is 10.5 Å². The van der Waals surface area contributed by atoms with E-state index in [4.69, 9.17) is 15.2 Å². The average molecular weight is 347 g/mol. The predicted octanol–water partition coefficient (Wildman–Crippen LogP) is 3.10. The third-order valence-electron chi connectivity index (χ3n) is 2.43. The number of carbonyl (C=O) groups is 1. The summed E-state index contributed by atoms with van der Waals surface area (Å²) in [7, 11) is 1.54. The van der Waals surface area contributed by atoms with Gasteiger partial charge in [0.15, 0.2) is 5.76 Å². The first-order chi connectivity index (χ1) is 9.77. The average Bonchev–Trinajstić information content (AvgIpc) is 2.95. The van der Waals surface area contributed by atoms with E-state index in [1.54, 1.807) is 25.1 Å². The van der Waals surface area contributed by atoms with Gasteiger partial charge in [-0.05, 0) is 31.2 Å². The highest BCUT2D eigenvalue weighted by Crippen LogP contribution is 2.27. The van der Waals surface area contributed by atoms with Gasteiger partial charge in [0.1, 0.15) is 15.6 Å². The van der Waals surface area contributed by atoms with Gasteiger partial charge in [-0.15, -0.1) is 11.3 Å². The van der Waals surface area contributed by atoms with Crippen LogP contribution < -0.4 is 5.32 Å². The van der Waals surface area contributed by atoms with Crippen LogP contribution in [0.2, 0.25) is 0 Å². The van der Waals surface area contributed by atoms with E-state index >= 15 is 0 Å². The second kappa shape index (κ2) is 6.00. The van der Waals surface area contributed by atoms with Crippen LogP contribution in [0.3, 0.4) is 0 Å². The zero-order valence-corrected chi connectivity index (χ0v) is 13.5. The molecule has 1 amide bonds. The smallest absolute Gasteiger partial charge is 0.270 e. The molecule has 2 heterocycles. The Labute approximate surface area is 129 Å². The molecule has 0 unspecified atom stereocenters. The Balaban J connectivity index is 2.26. The zero-order chi connectivity index (χ0) is 15.6. The zero-order valence-electron chi connectivity index (χ0n) is 11.1. The van der Waals surface area contributed by atoms with Gasteiger partial charge in [0.2, 0.25) is 5.91 Å². The van der Waals surface area contributed by atoms with Gasteiger partial charge >= 0.3 is 0 Å². The highest BCUT2D eigenvalue weighted by atomic mass is 35.7. The lowest BCUT2D eigenvalue weighted by Gasteiger charge is -1.98. The number of thiophene rings is 1.